The van der Waals surface area contributed by atoms with Crippen LogP contribution in [0.3, 0.4) is 0 Å². The minimum atomic E-state index is -3.75. The summed E-state index contributed by atoms with van der Waals surface area (Å²) in [4.78, 5) is 0.0878. The van der Waals surface area contributed by atoms with Gasteiger partial charge in [-0.2, -0.15) is 0 Å². The molecular weight excluding hydrogens is 463 g/mol. The number of nitrogens with two attached hydrogens (primary N) is 1. The first kappa shape index (κ1) is 24.7. The largest absolute Gasteiger partial charge is 0.341 e. The van der Waals surface area contributed by atoms with E-state index in [0.717, 1.165) is 12.2 Å². The molecule has 180 valence electrons. The van der Waals surface area contributed by atoms with Crippen LogP contribution in [0.5, 0.6) is 0 Å². The Morgan fingerprint density at radius 1 is 0.941 bits per heavy atom. The standard InChI is InChI=1S/C26H33N4O2PS/c1-7-30-24-11-9-8-10-22(24)23-18-20(14-17-25(23)30)33(29(5)6,26(2,3)4)28-19-12-15-21(16-13-19)34(27,31)32/h8-18H,7H2,1-6H3,(H2,27,31,32). The number of fused-ring (bicyclic) bond motifs is 3. The summed E-state index contributed by atoms with van der Waals surface area (Å²) in [7, 11) is -1.88. The van der Waals surface area contributed by atoms with Gasteiger partial charge in [-0.1, -0.05) is 39.0 Å². The molecule has 2 N–H and O–H groups in total. The van der Waals surface area contributed by atoms with Gasteiger partial charge in [-0.05, 0) is 69.6 Å². The molecule has 4 rings (SSSR count). The normalized spacial score (nSPS) is 14.6. The van der Waals surface area contributed by atoms with E-state index < -0.39 is 17.2 Å². The molecule has 0 radical (unpaired) electrons. The highest BCUT2D eigenvalue weighted by Crippen LogP contribution is 2.63. The van der Waals surface area contributed by atoms with E-state index in [0.29, 0.717) is 0 Å². The topological polar surface area (TPSA) is 80.7 Å². The number of hydrogen-bond acceptors (Lipinski definition) is 3. The molecule has 4 aromatic rings. The third-order valence-corrected chi connectivity index (χ3v) is 11.8. The summed E-state index contributed by atoms with van der Waals surface area (Å²) >= 11 is 0. The fourth-order valence-electron chi connectivity index (χ4n) is 4.96. The van der Waals surface area contributed by atoms with Crippen LogP contribution in [0, 0.1) is 0 Å². The molecule has 0 spiro atoms. The fraction of sp³-hybridized carbons (Fsp3) is 0.308. The molecule has 0 saturated heterocycles. The second kappa shape index (κ2) is 8.65. The van der Waals surface area contributed by atoms with Gasteiger partial charge in [0, 0.05) is 38.8 Å². The highest BCUT2D eigenvalue weighted by molar-refractivity contribution is 7.89. The Bertz CT molecular complexity index is 1530. The van der Waals surface area contributed by atoms with Crippen molar-refractivity contribution in [2.75, 3.05) is 14.1 Å². The van der Waals surface area contributed by atoms with Crippen LogP contribution in [0.25, 0.3) is 21.8 Å². The molecule has 0 fully saturated rings. The Kier molecular flexibility index (Phi) is 6.28. The van der Waals surface area contributed by atoms with Crippen molar-refractivity contribution in [1.82, 2.24) is 9.24 Å². The lowest BCUT2D eigenvalue weighted by atomic mass is 10.1. The summed E-state index contributed by atoms with van der Waals surface area (Å²) in [5.41, 5.74) is 3.19. The minimum absolute atomic E-state index is 0.0878. The second-order valence-electron chi connectivity index (χ2n) is 9.72. The van der Waals surface area contributed by atoms with Crippen molar-refractivity contribution in [2.24, 2.45) is 9.88 Å². The summed E-state index contributed by atoms with van der Waals surface area (Å²) in [6.07, 6.45) is 0. The Hall–Kier alpha value is -2.44. The van der Waals surface area contributed by atoms with Crippen LogP contribution in [0.1, 0.15) is 27.7 Å². The first-order chi connectivity index (χ1) is 15.9. The van der Waals surface area contributed by atoms with Crippen LogP contribution < -0.4 is 10.4 Å². The van der Waals surface area contributed by atoms with Crippen LogP contribution in [0.4, 0.5) is 5.69 Å². The smallest absolute Gasteiger partial charge is 0.238 e. The van der Waals surface area contributed by atoms with E-state index in [1.165, 1.54) is 39.2 Å². The molecule has 0 aliphatic rings. The van der Waals surface area contributed by atoms with Gasteiger partial charge in [0.2, 0.25) is 10.0 Å². The summed E-state index contributed by atoms with van der Waals surface area (Å²) < 4.78 is 33.4. The summed E-state index contributed by atoms with van der Waals surface area (Å²) in [5.74, 6) is 0. The SMILES string of the molecule is CCn1c2ccccc2c2cc(P(=Nc3ccc(S(N)(=O)=O)cc3)(N(C)C)C(C)(C)C)ccc21. The van der Waals surface area contributed by atoms with Crippen LogP contribution in [-0.2, 0) is 16.6 Å². The zero-order valence-corrected chi connectivity index (χ0v) is 22.4. The zero-order chi connectivity index (χ0) is 24.9. The van der Waals surface area contributed by atoms with Gasteiger partial charge in [0.25, 0.3) is 0 Å². The maximum Gasteiger partial charge on any atom is 0.238 e. The molecule has 34 heavy (non-hydrogen) atoms. The second-order valence-corrected chi connectivity index (χ2v) is 15.3. The van der Waals surface area contributed by atoms with E-state index in [9.17, 15) is 8.42 Å². The van der Waals surface area contributed by atoms with Gasteiger partial charge in [0.1, 0.15) is 0 Å². The van der Waals surface area contributed by atoms with Crippen molar-refractivity contribution in [3.8, 4) is 0 Å². The Balaban J connectivity index is 2.04. The minimum Gasteiger partial charge on any atom is -0.341 e. The molecular formula is C26H33N4O2PS. The van der Waals surface area contributed by atoms with Crippen LogP contribution >= 0.6 is 7.21 Å². The van der Waals surface area contributed by atoms with Gasteiger partial charge in [-0.25, -0.2) is 18.3 Å². The third-order valence-electron chi connectivity index (χ3n) is 6.37. The van der Waals surface area contributed by atoms with Gasteiger partial charge in [0.05, 0.1) is 17.8 Å². The monoisotopic (exact) mass is 496 g/mol. The van der Waals surface area contributed by atoms with E-state index in [4.69, 9.17) is 9.88 Å². The van der Waals surface area contributed by atoms with Gasteiger partial charge < -0.3 is 4.57 Å². The molecule has 0 aliphatic heterocycles. The number of para-hydroxylation sites is 1. The number of rotatable bonds is 5. The molecule has 3 aromatic carbocycles. The lowest BCUT2D eigenvalue weighted by Gasteiger charge is -2.42. The summed E-state index contributed by atoms with van der Waals surface area (Å²) in [5, 5.41) is 8.77. The van der Waals surface area contributed by atoms with E-state index >= 15 is 0 Å². The Labute approximate surface area is 202 Å². The van der Waals surface area contributed by atoms with Crippen LogP contribution in [-0.4, -0.2) is 36.9 Å². The van der Waals surface area contributed by atoms with E-state index in [2.05, 4.69) is 93.5 Å². The number of benzene rings is 3. The van der Waals surface area contributed by atoms with Gasteiger partial charge >= 0.3 is 0 Å². The lowest BCUT2D eigenvalue weighted by Crippen LogP contribution is -2.32. The first-order valence-electron chi connectivity index (χ1n) is 11.3. The van der Waals surface area contributed by atoms with Crippen molar-refractivity contribution in [3.05, 3.63) is 66.7 Å². The van der Waals surface area contributed by atoms with Gasteiger partial charge in [-0.15, -0.1) is 0 Å². The maximum absolute atomic E-state index is 11.7. The predicted molar refractivity (Wildman–Crippen MR) is 145 cm³/mol. The first-order valence-corrected chi connectivity index (χ1v) is 14.6. The molecule has 1 atom stereocenters. The van der Waals surface area contributed by atoms with Crippen molar-refractivity contribution < 1.29 is 8.42 Å². The highest BCUT2D eigenvalue weighted by Gasteiger charge is 2.38. The summed E-state index contributed by atoms with van der Waals surface area (Å²) in [6.45, 7) is 9.75. The average molecular weight is 497 g/mol. The highest BCUT2D eigenvalue weighted by atomic mass is 32.2. The number of hydrogen-bond donors (Lipinski definition) is 1. The number of primary sulfonamides is 1. The van der Waals surface area contributed by atoms with Crippen LogP contribution in [0.2, 0.25) is 0 Å². The lowest BCUT2D eigenvalue weighted by molar-refractivity contribution is 0.598. The molecule has 0 bridgehead atoms. The van der Waals surface area contributed by atoms with E-state index in [1.54, 1.807) is 12.1 Å². The fourth-order valence-corrected chi connectivity index (χ4v) is 9.57. The van der Waals surface area contributed by atoms with Crippen LogP contribution in [0.15, 0.2) is 76.4 Å². The Morgan fingerprint density at radius 3 is 2.12 bits per heavy atom. The number of aromatic nitrogens is 1. The van der Waals surface area contributed by atoms with Crippen molar-refractivity contribution in [1.29, 1.82) is 0 Å². The van der Waals surface area contributed by atoms with Crippen molar-refractivity contribution in [3.63, 3.8) is 0 Å². The number of aryl methyl sites for hydroxylation is 1. The quantitative estimate of drug-likeness (QED) is 0.350. The van der Waals surface area contributed by atoms with Gasteiger partial charge in [0.15, 0.2) is 0 Å². The zero-order valence-electron chi connectivity index (χ0n) is 20.6. The molecule has 1 unspecified atom stereocenters. The molecule has 6 nitrogen and oxygen atoms in total. The predicted octanol–water partition coefficient (Wildman–Crippen LogP) is 5.90. The molecule has 0 saturated carbocycles. The third kappa shape index (κ3) is 4.01. The van der Waals surface area contributed by atoms with Gasteiger partial charge in [-0.3, -0.25) is 4.67 Å². The summed E-state index contributed by atoms with van der Waals surface area (Å²) in [6, 6.07) is 21.8. The molecule has 0 amide bonds. The number of nitrogens with zero attached hydrogens (tertiary/aromatic N) is 3. The van der Waals surface area contributed by atoms with E-state index in [-0.39, 0.29) is 10.1 Å². The average Bonchev–Trinajstić information content (AvgIpc) is 3.09. The number of sulfonamides is 1. The van der Waals surface area contributed by atoms with E-state index in [1.807, 2.05) is 0 Å². The Morgan fingerprint density at radius 2 is 1.56 bits per heavy atom. The maximum atomic E-state index is 11.7. The van der Waals surface area contributed by atoms with Crippen molar-refractivity contribution >= 4 is 50.0 Å². The molecule has 1 aromatic heterocycles. The van der Waals surface area contributed by atoms with Crippen molar-refractivity contribution in [2.45, 2.75) is 44.3 Å². The molecule has 0 aliphatic carbocycles. The molecule has 8 heteroatoms. The molecule has 1 heterocycles.